The molecule has 0 saturated carbocycles. The lowest BCUT2D eigenvalue weighted by Gasteiger charge is -2.17. The highest BCUT2D eigenvalue weighted by Crippen LogP contribution is 2.31. The Balaban J connectivity index is 0.000000192. The number of alkyl halides is 3. The van der Waals surface area contributed by atoms with E-state index in [2.05, 4.69) is 33.1 Å². The number of hydrogen-bond acceptors (Lipinski definition) is 6. The summed E-state index contributed by atoms with van der Waals surface area (Å²) in [5.41, 5.74) is 1.45. The van der Waals surface area contributed by atoms with Crippen molar-refractivity contribution in [2.45, 2.75) is 43.2 Å². The summed E-state index contributed by atoms with van der Waals surface area (Å²) in [7, 11) is 1.62. The first-order chi connectivity index (χ1) is 16.5. The van der Waals surface area contributed by atoms with Crippen molar-refractivity contribution in [3.05, 3.63) is 77.5 Å². The highest BCUT2D eigenvalue weighted by molar-refractivity contribution is 8.00. The van der Waals surface area contributed by atoms with Gasteiger partial charge in [-0.15, -0.1) is 5.10 Å². The van der Waals surface area contributed by atoms with Crippen LogP contribution in [-0.4, -0.2) is 30.5 Å². The zero-order valence-electron chi connectivity index (χ0n) is 19.0. The summed E-state index contributed by atoms with van der Waals surface area (Å²) in [6.07, 6.45) is 2.00. The van der Waals surface area contributed by atoms with Crippen LogP contribution in [0.25, 0.3) is 0 Å². The third-order valence-corrected chi connectivity index (χ3v) is 5.85. The van der Waals surface area contributed by atoms with Crippen molar-refractivity contribution in [1.82, 2.24) is 10.2 Å². The summed E-state index contributed by atoms with van der Waals surface area (Å²) in [4.78, 5) is 1.11. The van der Waals surface area contributed by atoms with Gasteiger partial charge in [-0.2, -0.15) is 18.3 Å². The lowest BCUT2D eigenvalue weighted by molar-refractivity contribution is -0.137. The lowest BCUT2D eigenvalue weighted by Crippen LogP contribution is -2.08. The van der Waals surface area contributed by atoms with Gasteiger partial charge in [0.05, 0.1) is 12.2 Å². The molecule has 5 nitrogen and oxygen atoms in total. The van der Waals surface area contributed by atoms with E-state index in [-0.39, 0.29) is 0 Å². The summed E-state index contributed by atoms with van der Waals surface area (Å²) >= 11 is 1.51. The van der Waals surface area contributed by atoms with Crippen molar-refractivity contribution in [2.75, 3.05) is 25.0 Å². The van der Waals surface area contributed by atoms with Gasteiger partial charge in [0.15, 0.2) is 5.82 Å². The molecule has 0 spiro atoms. The Morgan fingerprint density at radius 1 is 1.09 bits per heavy atom. The van der Waals surface area contributed by atoms with E-state index >= 15 is 0 Å². The van der Waals surface area contributed by atoms with Crippen molar-refractivity contribution in [2.24, 2.45) is 0 Å². The number of unbranched alkanes of at least 4 members (excludes halogenated alkanes) is 1. The van der Waals surface area contributed by atoms with Crippen molar-refractivity contribution >= 4 is 17.8 Å². The average molecular weight is 492 g/mol. The van der Waals surface area contributed by atoms with E-state index in [1.165, 1.54) is 29.6 Å². The molecular formula is C25H28F3N3O2S. The molecule has 1 aliphatic rings. The number of anilines is 1. The number of rotatable bonds is 8. The average Bonchev–Trinajstić information content (AvgIpc) is 2.86. The van der Waals surface area contributed by atoms with Crippen LogP contribution < -0.4 is 9.46 Å². The van der Waals surface area contributed by atoms with Crippen molar-refractivity contribution in [3.8, 4) is 5.75 Å². The Bertz CT molecular complexity index is 1020. The van der Waals surface area contributed by atoms with Crippen LogP contribution in [0.2, 0.25) is 0 Å². The van der Waals surface area contributed by atoms with E-state index in [1.807, 2.05) is 12.1 Å². The zero-order chi connectivity index (χ0) is 24.2. The fourth-order valence-corrected chi connectivity index (χ4v) is 3.96. The first kappa shape index (κ1) is 25.8. The Kier molecular flexibility index (Phi) is 10.0. The molecule has 1 aliphatic heterocycles. The van der Waals surface area contributed by atoms with E-state index in [0.29, 0.717) is 13.0 Å². The number of benzene rings is 2. The molecule has 0 unspecified atom stereocenters. The standard InChI is InChI=1S/C13H13N3OS.C12H15F3O/c1-4-13(15-14-7-1)16-18-11-6-5-10-3-2-8-17-12(10)9-11;1-16-8-3-2-5-10-6-4-7-11(9-10)12(13,14)15/h1,4-7,9H,2-3,8H2,(H,15,16);4,6-7,9H,2-3,5,8H2,1H3. The number of nitrogens with one attached hydrogen (secondary N) is 1. The topological polar surface area (TPSA) is 56.3 Å². The maximum Gasteiger partial charge on any atom is 0.416 e. The fraction of sp³-hybridized carbons (Fsp3) is 0.360. The molecule has 1 N–H and O–H groups in total. The quantitative estimate of drug-likeness (QED) is 0.283. The van der Waals surface area contributed by atoms with Crippen LogP contribution in [0.5, 0.6) is 5.75 Å². The van der Waals surface area contributed by atoms with E-state index in [0.717, 1.165) is 60.4 Å². The number of methoxy groups -OCH3 is 1. The Morgan fingerprint density at radius 3 is 2.74 bits per heavy atom. The van der Waals surface area contributed by atoms with Crippen LogP contribution in [0.4, 0.5) is 19.0 Å². The monoisotopic (exact) mass is 491 g/mol. The smallest absolute Gasteiger partial charge is 0.416 e. The molecule has 0 fully saturated rings. The van der Waals surface area contributed by atoms with Crippen LogP contribution in [-0.2, 0) is 23.8 Å². The summed E-state index contributed by atoms with van der Waals surface area (Å²) in [6.45, 7) is 1.47. The van der Waals surface area contributed by atoms with E-state index < -0.39 is 11.7 Å². The highest BCUT2D eigenvalue weighted by atomic mass is 32.2. The molecule has 0 bridgehead atoms. The van der Waals surface area contributed by atoms with E-state index in [4.69, 9.17) is 9.47 Å². The predicted molar refractivity (Wildman–Crippen MR) is 128 cm³/mol. The maximum atomic E-state index is 12.4. The molecule has 9 heteroatoms. The number of ether oxygens (including phenoxy) is 2. The number of aryl methyl sites for hydroxylation is 2. The number of halogens is 3. The second-order valence-corrected chi connectivity index (χ2v) is 8.56. The number of aromatic nitrogens is 2. The van der Waals surface area contributed by atoms with Gasteiger partial charge in [0.1, 0.15) is 5.75 Å². The summed E-state index contributed by atoms with van der Waals surface area (Å²) < 4.78 is 50.9. The summed E-state index contributed by atoms with van der Waals surface area (Å²) in [6, 6.07) is 15.5. The molecular weight excluding hydrogens is 463 g/mol. The molecule has 34 heavy (non-hydrogen) atoms. The third-order valence-electron chi connectivity index (χ3n) is 5.05. The predicted octanol–water partition coefficient (Wildman–Crippen LogP) is 6.60. The molecule has 3 aromatic rings. The van der Waals surface area contributed by atoms with Crippen molar-refractivity contribution in [3.63, 3.8) is 0 Å². The lowest BCUT2D eigenvalue weighted by atomic mass is 10.1. The largest absolute Gasteiger partial charge is 0.493 e. The van der Waals surface area contributed by atoms with Gasteiger partial charge >= 0.3 is 6.18 Å². The maximum absolute atomic E-state index is 12.4. The minimum Gasteiger partial charge on any atom is -0.493 e. The first-order valence-corrected chi connectivity index (χ1v) is 11.9. The van der Waals surface area contributed by atoms with Gasteiger partial charge in [-0.3, -0.25) is 0 Å². The molecule has 2 aromatic carbocycles. The molecule has 0 radical (unpaired) electrons. The molecule has 0 aliphatic carbocycles. The van der Waals surface area contributed by atoms with Gasteiger partial charge in [0.25, 0.3) is 0 Å². The van der Waals surface area contributed by atoms with Crippen LogP contribution >= 0.6 is 11.9 Å². The molecule has 1 aromatic heterocycles. The summed E-state index contributed by atoms with van der Waals surface area (Å²) in [5.74, 6) is 1.76. The fourth-order valence-electron chi connectivity index (χ4n) is 3.33. The molecule has 0 atom stereocenters. The van der Waals surface area contributed by atoms with Gasteiger partial charge in [-0.05, 0) is 85.5 Å². The zero-order valence-corrected chi connectivity index (χ0v) is 19.8. The van der Waals surface area contributed by atoms with E-state index in [9.17, 15) is 13.2 Å². The van der Waals surface area contributed by atoms with Crippen molar-refractivity contribution < 1.29 is 22.6 Å². The van der Waals surface area contributed by atoms with Gasteiger partial charge < -0.3 is 14.2 Å². The minimum absolute atomic E-state index is 0.572. The number of nitrogens with zero attached hydrogens (tertiary/aromatic N) is 2. The first-order valence-electron chi connectivity index (χ1n) is 11.1. The minimum atomic E-state index is -4.25. The van der Waals surface area contributed by atoms with Crippen LogP contribution in [0.15, 0.2) is 65.7 Å². The molecule has 182 valence electrons. The molecule has 4 rings (SSSR count). The molecule has 2 heterocycles. The Hall–Kier alpha value is -2.78. The van der Waals surface area contributed by atoms with Crippen LogP contribution in [0.3, 0.4) is 0 Å². The Morgan fingerprint density at radius 2 is 1.97 bits per heavy atom. The van der Waals surface area contributed by atoms with Crippen LogP contribution in [0.1, 0.15) is 36.0 Å². The SMILES string of the molecule is COCCCCc1cccc(C(F)(F)F)c1.c1cnnc(NSc2ccc3c(c2)OCCC3)c1. The molecule has 0 amide bonds. The van der Waals surface area contributed by atoms with Crippen molar-refractivity contribution in [1.29, 1.82) is 0 Å². The summed E-state index contributed by atoms with van der Waals surface area (Å²) in [5, 5.41) is 7.78. The number of fused-ring (bicyclic) bond motifs is 1. The van der Waals surface area contributed by atoms with Gasteiger partial charge in [0, 0.05) is 24.8 Å². The van der Waals surface area contributed by atoms with Gasteiger partial charge in [0.2, 0.25) is 0 Å². The Labute approximate surface area is 202 Å². The second-order valence-electron chi connectivity index (χ2n) is 7.68. The number of hydrogen-bond donors (Lipinski definition) is 1. The molecule has 0 saturated heterocycles. The highest BCUT2D eigenvalue weighted by Gasteiger charge is 2.30. The van der Waals surface area contributed by atoms with Gasteiger partial charge in [-0.1, -0.05) is 24.3 Å². The second kappa shape index (κ2) is 13.2. The van der Waals surface area contributed by atoms with Gasteiger partial charge in [-0.25, -0.2) is 0 Å². The van der Waals surface area contributed by atoms with Crippen LogP contribution in [0, 0.1) is 0 Å². The van der Waals surface area contributed by atoms with E-state index in [1.54, 1.807) is 19.4 Å². The third kappa shape index (κ3) is 8.53. The normalized spacial score (nSPS) is 12.7.